The van der Waals surface area contributed by atoms with Crippen LogP contribution in [0.2, 0.25) is 0 Å². The SMILES string of the molecule is CCNC(=O)CNC(=O)[C@H](C)N. The number of carbonyl (C=O) groups excluding carboxylic acids is 2. The van der Waals surface area contributed by atoms with E-state index >= 15 is 0 Å². The van der Waals surface area contributed by atoms with Gasteiger partial charge in [0.1, 0.15) is 0 Å². The molecule has 5 heteroatoms. The van der Waals surface area contributed by atoms with E-state index in [-0.39, 0.29) is 18.4 Å². The molecule has 0 aliphatic heterocycles. The lowest BCUT2D eigenvalue weighted by Crippen LogP contribution is -2.43. The molecule has 0 aliphatic rings. The molecule has 0 aliphatic carbocycles. The topological polar surface area (TPSA) is 84.2 Å². The van der Waals surface area contributed by atoms with Gasteiger partial charge in [0, 0.05) is 6.54 Å². The standard InChI is InChI=1S/C7H15N3O2/c1-3-9-6(11)4-10-7(12)5(2)8/h5H,3-4,8H2,1-2H3,(H,9,11)(H,10,12)/t5-/m0/s1. The highest BCUT2D eigenvalue weighted by Crippen LogP contribution is 1.73. The molecule has 2 amide bonds. The first-order valence-corrected chi connectivity index (χ1v) is 3.88. The number of likely N-dealkylation sites (N-methyl/N-ethyl adjacent to an activating group) is 1. The quantitative estimate of drug-likeness (QED) is 0.488. The molecule has 0 saturated heterocycles. The second-order valence-corrected chi connectivity index (χ2v) is 2.46. The molecule has 4 N–H and O–H groups in total. The Labute approximate surface area is 71.7 Å². The number of amides is 2. The van der Waals surface area contributed by atoms with E-state index in [1.54, 1.807) is 6.92 Å². The lowest BCUT2D eigenvalue weighted by molar-refractivity contribution is -0.126. The molecule has 0 unspecified atom stereocenters. The molecule has 0 heterocycles. The first kappa shape index (κ1) is 10.9. The minimum Gasteiger partial charge on any atom is -0.355 e. The molecule has 0 radical (unpaired) electrons. The minimum absolute atomic E-state index is 0.00574. The second-order valence-electron chi connectivity index (χ2n) is 2.46. The zero-order valence-electron chi connectivity index (χ0n) is 7.39. The van der Waals surface area contributed by atoms with E-state index in [0.29, 0.717) is 6.54 Å². The Morgan fingerprint density at radius 3 is 2.42 bits per heavy atom. The first-order chi connectivity index (χ1) is 5.57. The Hall–Kier alpha value is -1.10. The van der Waals surface area contributed by atoms with Crippen molar-refractivity contribution in [1.29, 1.82) is 0 Å². The Morgan fingerprint density at radius 1 is 1.42 bits per heavy atom. The maximum absolute atomic E-state index is 10.8. The lowest BCUT2D eigenvalue weighted by atomic mass is 10.3. The molecule has 12 heavy (non-hydrogen) atoms. The number of carbonyl (C=O) groups is 2. The second kappa shape index (κ2) is 5.54. The first-order valence-electron chi connectivity index (χ1n) is 3.88. The molecule has 0 bridgehead atoms. The van der Waals surface area contributed by atoms with Crippen molar-refractivity contribution < 1.29 is 9.59 Å². The summed E-state index contributed by atoms with van der Waals surface area (Å²) in [6.07, 6.45) is 0. The van der Waals surface area contributed by atoms with E-state index in [0.717, 1.165) is 0 Å². The minimum atomic E-state index is -0.570. The van der Waals surface area contributed by atoms with E-state index in [2.05, 4.69) is 10.6 Å². The van der Waals surface area contributed by atoms with E-state index in [4.69, 9.17) is 5.73 Å². The molecular formula is C7H15N3O2. The molecule has 1 atom stereocenters. The highest BCUT2D eigenvalue weighted by Gasteiger charge is 2.07. The maximum atomic E-state index is 10.8. The molecule has 0 fully saturated rings. The van der Waals surface area contributed by atoms with Crippen LogP contribution in [0.25, 0.3) is 0 Å². The summed E-state index contributed by atoms with van der Waals surface area (Å²) in [5.74, 6) is -0.521. The third-order valence-electron chi connectivity index (χ3n) is 1.21. The largest absolute Gasteiger partial charge is 0.355 e. The summed E-state index contributed by atoms with van der Waals surface area (Å²) in [7, 11) is 0. The fourth-order valence-electron chi connectivity index (χ4n) is 0.588. The van der Waals surface area contributed by atoms with Crippen LogP contribution in [-0.4, -0.2) is 30.9 Å². The van der Waals surface area contributed by atoms with Crippen LogP contribution in [0.1, 0.15) is 13.8 Å². The Kier molecular flexibility index (Phi) is 5.03. The van der Waals surface area contributed by atoms with Crippen LogP contribution in [0.3, 0.4) is 0 Å². The molecule has 0 aromatic rings. The van der Waals surface area contributed by atoms with Crippen molar-refractivity contribution in [2.75, 3.05) is 13.1 Å². The summed E-state index contributed by atoms with van der Waals surface area (Å²) < 4.78 is 0. The number of hydrogen-bond acceptors (Lipinski definition) is 3. The predicted octanol–water partition coefficient (Wildman–Crippen LogP) is -1.41. The maximum Gasteiger partial charge on any atom is 0.239 e. The van der Waals surface area contributed by atoms with Crippen molar-refractivity contribution in [2.45, 2.75) is 19.9 Å². The molecule has 0 saturated carbocycles. The van der Waals surface area contributed by atoms with Crippen molar-refractivity contribution in [3.8, 4) is 0 Å². The molecule has 0 spiro atoms. The summed E-state index contributed by atoms with van der Waals surface area (Å²) in [5, 5.41) is 4.94. The number of hydrogen-bond donors (Lipinski definition) is 3. The highest BCUT2D eigenvalue weighted by atomic mass is 16.2. The molecule has 0 aromatic heterocycles. The van der Waals surface area contributed by atoms with Crippen LogP contribution >= 0.6 is 0 Å². The fourth-order valence-corrected chi connectivity index (χ4v) is 0.588. The van der Waals surface area contributed by atoms with Gasteiger partial charge in [-0.25, -0.2) is 0 Å². The molecule has 70 valence electrons. The van der Waals surface area contributed by atoms with E-state index in [9.17, 15) is 9.59 Å². The van der Waals surface area contributed by atoms with Gasteiger partial charge in [-0.1, -0.05) is 0 Å². The normalized spacial score (nSPS) is 11.9. The summed E-state index contributed by atoms with van der Waals surface area (Å²) >= 11 is 0. The van der Waals surface area contributed by atoms with Gasteiger partial charge in [0.15, 0.2) is 0 Å². The van der Waals surface area contributed by atoms with E-state index in [1.807, 2.05) is 6.92 Å². The summed E-state index contributed by atoms with van der Waals surface area (Å²) in [5.41, 5.74) is 5.25. The van der Waals surface area contributed by atoms with E-state index in [1.165, 1.54) is 0 Å². The molecular weight excluding hydrogens is 158 g/mol. The third-order valence-corrected chi connectivity index (χ3v) is 1.21. The van der Waals surface area contributed by atoms with Crippen molar-refractivity contribution in [2.24, 2.45) is 5.73 Å². The van der Waals surface area contributed by atoms with Gasteiger partial charge in [0.05, 0.1) is 12.6 Å². The van der Waals surface area contributed by atoms with Crippen LogP contribution in [0.4, 0.5) is 0 Å². The van der Waals surface area contributed by atoms with Crippen LogP contribution in [0, 0.1) is 0 Å². The number of nitrogens with two attached hydrogens (primary N) is 1. The van der Waals surface area contributed by atoms with Crippen LogP contribution in [0.5, 0.6) is 0 Å². The van der Waals surface area contributed by atoms with Gasteiger partial charge in [-0.2, -0.15) is 0 Å². The van der Waals surface area contributed by atoms with Crippen molar-refractivity contribution in [3.63, 3.8) is 0 Å². The third kappa shape index (κ3) is 4.68. The molecule has 0 aromatic carbocycles. The number of nitrogens with one attached hydrogen (secondary N) is 2. The van der Waals surface area contributed by atoms with Gasteiger partial charge in [0.25, 0.3) is 0 Å². The predicted molar refractivity (Wildman–Crippen MR) is 45.3 cm³/mol. The Bertz CT molecular complexity index is 168. The summed E-state index contributed by atoms with van der Waals surface area (Å²) in [6.45, 7) is 3.93. The van der Waals surface area contributed by atoms with E-state index < -0.39 is 6.04 Å². The van der Waals surface area contributed by atoms with Gasteiger partial charge >= 0.3 is 0 Å². The molecule has 5 nitrogen and oxygen atoms in total. The Balaban J connectivity index is 3.54. The van der Waals surface area contributed by atoms with Crippen molar-refractivity contribution in [1.82, 2.24) is 10.6 Å². The number of rotatable bonds is 4. The smallest absolute Gasteiger partial charge is 0.239 e. The van der Waals surface area contributed by atoms with Crippen LogP contribution in [0.15, 0.2) is 0 Å². The van der Waals surface area contributed by atoms with Crippen LogP contribution < -0.4 is 16.4 Å². The van der Waals surface area contributed by atoms with Crippen molar-refractivity contribution in [3.05, 3.63) is 0 Å². The Morgan fingerprint density at radius 2 is 2.00 bits per heavy atom. The van der Waals surface area contributed by atoms with Gasteiger partial charge in [-0.15, -0.1) is 0 Å². The zero-order chi connectivity index (χ0) is 9.56. The van der Waals surface area contributed by atoms with Crippen molar-refractivity contribution >= 4 is 11.8 Å². The van der Waals surface area contributed by atoms with Gasteiger partial charge in [0.2, 0.25) is 11.8 Å². The fraction of sp³-hybridized carbons (Fsp3) is 0.714. The van der Waals surface area contributed by atoms with Gasteiger partial charge < -0.3 is 16.4 Å². The lowest BCUT2D eigenvalue weighted by Gasteiger charge is -2.06. The van der Waals surface area contributed by atoms with Gasteiger partial charge in [-0.05, 0) is 13.8 Å². The average Bonchev–Trinajstić information content (AvgIpc) is 2.00. The summed E-state index contributed by atoms with van der Waals surface area (Å²) in [4.78, 5) is 21.6. The zero-order valence-corrected chi connectivity index (χ0v) is 7.39. The average molecular weight is 173 g/mol. The highest BCUT2D eigenvalue weighted by molar-refractivity contribution is 5.86. The summed E-state index contributed by atoms with van der Waals surface area (Å²) in [6, 6.07) is -0.570. The molecule has 0 rings (SSSR count). The van der Waals surface area contributed by atoms with Crippen LogP contribution in [-0.2, 0) is 9.59 Å². The van der Waals surface area contributed by atoms with Gasteiger partial charge in [-0.3, -0.25) is 9.59 Å². The monoisotopic (exact) mass is 173 g/mol.